The zero-order valence-corrected chi connectivity index (χ0v) is 13.5. The van der Waals surface area contributed by atoms with Gasteiger partial charge in [-0.3, -0.25) is 0 Å². The summed E-state index contributed by atoms with van der Waals surface area (Å²) < 4.78 is 0. The number of benzene rings is 2. The molecule has 0 nitrogen and oxygen atoms in total. The van der Waals surface area contributed by atoms with E-state index in [2.05, 4.69) is 71.0 Å². The molecule has 0 atom stereocenters. The van der Waals surface area contributed by atoms with Crippen molar-refractivity contribution in [2.45, 2.75) is 53.4 Å². The van der Waals surface area contributed by atoms with Gasteiger partial charge in [0, 0.05) is 5.92 Å². The molecular formula is C20H26. The van der Waals surface area contributed by atoms with Crippen molar-refractivity contribution in [1.82, 2.24) is 0 Å². The smallest absolute Gasteiger partial charge is 0.00894 e. The fourth-order valence-corrected chi connectivity index (χ4v) is 2.78. The van der Waals surface area contributed by atoms with Gasteiger partial charge in [-0.1, -0.05) is 49.7 Å². The maximum absolute atomic E-state index is 2.37. The molecule has 0 heteroatoms. The molecule has 0 aliphatic carbocycles. The van der Waals surface area contributed by atoms with Crippen LogP contribution >= 0.6 is 0 Å². The minimum Gasteiger partial charge on any atom is -0.0653 e. The Labute approximate surface area is 123 Å². The fourth-order valence-electron chi connectivity index (χ4n) is 2.78. The van der Waals surface area contributed by atoms with Crippen molar-refractivity contribution >= 4 is 0 Å². The Morgan fingerprint density at radius 2 is 1.15 bits per heavy atom. The molecule has 0 saturated heterocycles. The molecular weight excluding hydrogens is 240 g/mol. The average molecular weight is 266 g/mol. The van der Waals surface area contributed by atoms with Gasteiger partial charge >= 0.3 is 0 Å². The summed E-state index contributed by atoms with van der Waals surface area (Å²) >= 11 is 0. The molecule has 0 amide bonds. The van der Waals surface area contributed by atoms with E-state index in [1.807, 2.05) is 0 Å². The highest BCUT2D eigenvalue weighted by atomic mass is 14.2. The van der Waals surface area contributed by atoms with Crippen molar-refractivity contribution in [3.8, 4) is 0 Å². The van der Waals surface area contributed by atoms with Crippen molar-refractivity contribution in [2.75, 3.05) is 0 Å². The van der Waals surface area contributed by atoms with E-state index in [-0.39, 0.29) is 0 Å². The Balaban J connectivity index is 2.44. The Hall–Kier alpha value is -1.56. The largest absolute Gasteiger partial charge is 0.0653 e. The second-order valence-electron chi connectivity index (χ2n) is 6.03. The molecule has 0 unspecified atom stereocenters. The molecule has 20 heavy (non-hydrogen) atoms. The van der Waals surface area contributed by atoms with Crippen LogP contribution in [0.25, 0.3) is 0 Å². The van der Waals surface area contributed by atoms with E-state index >= 15 is 0 Å². The van der Waals surface area contributed by atoms with E-state index in [9.17, 15) is 0 Å². The maximum Gasteiger partial charge on any atom is 0.00894 e. The Morgan fingerprint density at radius 1 is 0.700 bits per heavy atom. The minimum atomic E-state index is 0.526. The van der Waals surface area contributed by atoms with E-state index in [0.717, 1.165) is 0 Å². The summed E-state index contributed by atoms with van der Waals surface area (Å²) in [6, 6.07) is 13.9. The first-order chi connectivity index (χ1) is 9.52. The Morgan fingerprint density at radius 3 is 1.50 bits per heavy atom. The number of hydrogen-bond acceptors (Lipinski definition) is 0. The van der Waals surface area contributed by atoms with Gasteiger partial charge in [0.2, 0.25) is 0 Å². The summed E-state index contributed by atoms with van der Waals surface area (Å²) in [5.74, 6) is 0.526. The SMILES string of the molecule is CCCC(c1ccc(C)c(C)c1)c1ccc(C)c(C)c1. The van der Waals surface area contributed by atoms with Crippen LogP contribution in [0.5, 0.6) is 0 Å². The third-order valence-corrected chi connectivity index (χ3v) is 4.44. The zero-order chi connectivity index (χ0) is 14.7. The lowest BCUT2D eigenvalue weighted by Crippen LogP contribution is -2.02. The molecule has 0 radical (unpaired) electrons. The van der Waals surface area contributed by atoms with Crippen LogP contribution in [-0.2, 0) is 0 Å². The molecule has 2 rings (SSSR count). The molecule has 2 aromatic carbocycles. The number of rotatable bonds is 4. The van der Waals surface area contributed by atoms with Crippen LogP contribution in [0.4, 0.5) is 0 Å². The van der Waals surface area contributed by atoms with E-state index in [0.29, 0.717) is 5.92 Å². The first-order valence-corrected chi connectivity index (χ1v) is 7.67. The molecule has 0 aromatic heterocycles. The predicted octanol–water partition coefficient (Wildman–Crippen LogP) is 5.85. The summed E-state index contributed by atoms with van der Waals surface area (Å²) in [7, 11) is 0. The van der Waals surface area contributed by atoms with Crippen LogP contribution < -0.4 is 0 Å². The third-order valence-electron chi connectivity index (χ3n) is 4.44. The van der Waals surface area contributed by atoms with Crippen molar-refractivity contribution in [3.05, 3.63) is 69.8 Å². The zero-order valence-electron chi connectivity index (χ0n) is 13.5. The van der Waals surface area contributed by atoms with Crippen molar-refractivity contribution in [1.29, 1.82) is 0 Å². The minimum absolute atomic E-state index is 0.526. The fraction of sp³-hybridized carbons (Fsp3) is 0.400. The Kier molecular flexibility index (Phi) is 4.65. The van der Waals surface area contributed by atoms with Crippen LogP contribution in [0.15, 0.2) is 36.4 Å². The lowest BCUT2D eigenvalue weighted by atomic mass is 9.85. The maximum atomic E-state index is 2.37. The quantitative estimate of drug-likeness (QED) is 0.651. The van der Waals surface area contributed by atoms with E-state index in [1.54, 1.807) is 0 Å². The lowest BCUT2D eigenvalue weighted by molar-refractivity contribution is 0.697. The van der Waals surface area contributed by atoms with Crippen molar-refractivity contribution < 1.29 is 0 Å². The van der Waals surface area contributed by atoms with Crippen LogP contribution in [0, 0.1) is 27.7 Å². The molecule has 0 aliphatic heterocycles. The first kappa shape index (κ1) is 14.8. The number of hydrogen-bond donors (Lipinski definition) is 0. The van der Waals surface area contributed by atoms with Gasteiger partial charge in [-0.2, -0.15) is 0 Å². The highest BCUT2D eigenvalue weighted by Crippen LogP contribution is 2.31. The van der Waals surface area contributed by atoms with E-state index in [1.165, 1.54) is 46.2 Å². The summed E-state index contributed by atoms with van der Waals surface area (Å²) in [6.07, 6.45) is 2.43. The third kappa shape index (κ3) is 3.12. The standard InChI is InChI=1S/C20H26/c1-6-7-20(18-10-8-14(2)16(4)12-18)19-11-9-15(3)17(5)13-19/h8-13,20H,6-7H2,1-5H3. The highest BCUT2D eigenvalue weighted by Gasteiger charge is 2.14. The average Bonchev–Trinajstić information content (AvgIpc) is 2.43. The summed E-state index contributed by atoms with van der Waals surface area (Å²) in [6.45, 7) is 11.1. The number of aryl methyl sites for hydroxylation is 4. The van der Waals surface area contributed by atoms with Gasteiger partial charge in [0.25, 0.3) is 0 Å². The normalized spacial score (nSPS) is 11.1. The summed E-state index contributed by atoms with van der Waals surface area (Å²) in [5, 5.41) is 0. The van der Waals surface area contributed by atoms with Crippen LogP contribution in [0.2, 0.25) is 0 Å². The molecule has 0 spiro atoms. The molecule has 2 aromatic rings. The highest BCUT2D eigenvalue weighted by molar-refractivity contribution is 5.40. The van der Waals surface area contributed by atoms with Crippen LogP contribution in [0.1, 0.15) is 59.1 Å². The van der Waals surface area contributed by atoms with Crippen molar-refractivity contribution in [3.63, 3.8) is 0 Å². The second-order valence-corrected chi connectivity index (χ2v) is 6.03. The van der Waals surface area contributed by atoms with Gasteiger partial charge in [-0.15, -0.1) is 0 Å². The van der Waals surface area contributed by atoms with Crippen LogP contribution in [0.3, 0.4) is 0 Å². The molecule has 0 saturated carbocycles. The molecule has 0 aliphatic rings. The second kappa shape index (κ2) is 6.26. The van der Waals surface area contributed by atoms with Gasteiger partial charge in [0.15, 0.2) is 0 Å². The van der Waals surface area contributed by atoms with Gasteiger partial charge in [-0.05, 0) is 67.5 Å². The topological polar surface area (TPSA) is 0 Å². The van der Waals surface area contributed by atoms with Gasteiger partial charge in [0.1, 0.15) is 0 Å². The molecule has 106 valence electrons. The molecule has 0 bridgehead atoms. The lowest BCUT2D eigenvalue weighted by Gasteiger charge is -2.19. The summed E-state index contributed by atoms with van der Waals surface area (Å²) in [4.78, 5) is 0. The first-order valence-electron chi connectivity index (χ1n) is 7.67. The summed E-state index contributed by atoms with van der Waals surface area (Å²) in [5.41, 5.74) is 8.46. The van der Waals surface area contributed by atoms with E-state index < -0.39 is 0 Å². The van der Waals surface area contributed by atoms with Crippen LogP contribution in [-0.4, -0.2) is 0 Å². The predicted molar refractivity (Wildman–Crippen MR) is 88.6 cm³/mol. The molecule has 0 heterocycles. The van der Waals surface area contributed by atoms with Gasteiger partial charge in [0.05, 0.1) is 0 Å². The monoisotopic (exact) mass is 266 g/mol. The van der Waals surface area contributed by atoms with Gasteiger partial charge < -0.3 is 0 Å². The molecule has 0 fully saturated rings. The Bertz CT molecular complexity index is 541. The van der Waals surface area contributed by atoms with E-state index in [4.69, 9.17) is 0 Å². The molecule has 0 N–H and O–H groups in total. The van der Waals surface area contributed by atoms with Gasteiger partial charge in [-0.25, -0.2) is 0 Å². The van der Waals surface area contributed by atoms with Crippen molar-refractivity contribution in [2.24, 2.45) is 0 Å².